The number of rotatable bonds is 10. The van der Waals surface area contributed by atoms with Crippen LogP contribution in [-0.2, 0) is 67.2 Å². The van der Waals surface area contributed by atoms with Crippen molar-refractivity contribution < 1.29 is 58.1 Å². The van der Waals surface area contributed by atoms with Crippen LogP contribution in [0.2, 0.25) is 0 Å². The van der Waals surface area contributed by atoms with Crippen LogP contribution >= 0.6 is 0 Å². The topological polar surface area (TPSA) is 199 Å². The van der Waals surface area contributed by atoms with E-state index in [-0.39, 0.29) is 19.1 Å². The fraction of sp³-hybridized carbons (Fsp3) is 0.449. The zero-order valence-corrected chi connectivity index (χ0v) is 41.1. The molecule has 16 nitrogen and oxygen atoms in total. The SMILES string of the molecule is C.CS(=O)(=O)OS(C)(=O)=O.Fc1ccc2c(c1CCc1ncc(C3=CCCCC3)c3nncn13)CCO2.Fc1ccc2c(c1CCc1ncc(C3=CCCCC3)c3nncn13)CCO2.O=CC(F)(F)F.[2H]CC. The number of carbonyl (C=O) groups is 1. The first-order valence-electron chi connectivity index (χ1n) is 23.5. The molecule has 390 valence electrons. The largest absolute Gasteiger partial charge is 0.493 e. The molecular formula is C49H59F5N8O8S2. The van der Waals surface area contributed by atoms with Crippen molar-refractivity contribution in [3.05, 3.63) is 118 Å². The Hall–Kier alpha value is -6.20. The molecule has 0 saturated heterocycles. The molecule has 2 aliphatic carbocycles. The molecule has 72 heavy (non-hydrogen) atoms. The summed E-state index contributed by atoms with van der Waals surface area (Å²) in [6.45, 7) is 3.55. The third kappa shape index (κ3) is 15.2. The van der Waals surface area contributed by atoms with Gasteiger partial charge in [-0.2, -0.15) is 30.0 Å². The van der Waals surface area contributed by atoms with Crippen molar-refractivity contribution in [1.82, 2.24) is 39.2 Å². The Bertz CT molecular complexity index is 2950. The number of aromatic nitrogens is 8. The van der Waals surface area contributed by atoms with E-state index in [9.17, 15) is 38.8 Å². The van der Waals surface area contributed by atoms with E-state index in [1.165, 1.54) is 49.0 Å². The number of benzene rings is 2. The molecule has 0 N–H and O–H groups in total. The summed E-state index contributed by atoms with van der Waals surface area (Å²) in [6.07, 6.45) is 20.6. The van der Waals surface area contributed by atoms with Crippen molar-refractivity contribution in [2.24, 2.45) is 0 Å². The monoisotopic (exact) mass is 1050 g/mol. The first-order chi connectivity index (χ1) is 34.3. The van der Waals surface area contributed by atoms with Crippen molar-refractivity contribution in [2.45, 2.75) is 117 Å². The number of nitrogens with zero attached hydrogens (tertiary/aromatic N) is 8. The summed E-state index contributed by atoms with van der Waals surface area (Å²) in [5, 5.41) is 16.8. The molecule has 23 heteroatoms. The molecular weight excluding hydrogens is 988 g/mol. The lowest BCUT2D eigenvalue weighted by atomic mass is 9.95. The Morgan fingerprint density at radius 2 is 1.10 bits per heavy atom. The molecule has 0 spiro atoms. The average molecular weight is 1050 g/mol. The Morgan fingerprint density at radius 1 is 0.694 bits per heavy atom. The number of fused-ring (bicyclic) bond motifs is 4. The van der Waals surface area contributed by atoms with Crippen LogP contribution in [0, 0.1) is 11.6 Å². The number of ether oxygens (including phenoxy) is 2. The maximum absolute atomic E-state index is 14.4. The molecule has 0 atom stereocenters. The van der Waals surface area contributed by atoms with Crippen molar-refractivity contribution in [2.75, 3.05) is 25.7 Å². The smallest absolute Gasteiger partial charge is 0.446 e. The molecule has 6 aromatic rings. The lowest BCUT2D eigenvalue weighted by Gasteiger charge is -2.14. The van der Waals surface area contributed by atoms with E-state index in [2.05, 4.69) is 46.1 Å². The molecule has 0 bridgehead atoms. The van der Waals surface area contributed by atoms with Crippen LogP contribution in [0.25, 0.3) is 22.4 Å². The lowest BCUT2D eigenvalue weighted by Crippen LogP contribution is -2.09. The van der Waals surface area contributed by atoms with E-state index in [4.69, 9.17) is 15.6 Å². The number of hydrogen-bond acceptors (Lipinski definition) is 14. The van der Waals surface area contributed by atoms with Crippen LogP contribution in [0.4, 0.5) is 22.0 Å². The number of aldehydes is 1. The van der Waals surface area contributed by atoms with Crippen LogP contribution in [-0.4, -0.2) is 94.2 Å². The van der Waals surface area contributed by atoms with Gasteiger partial charge in [-0.1, -0.05) is 33.4 Å². The van der Waals surface area contributed by atoms with Crippen LogP contribution in [0.15, 0.2) is 61.5 Å². The van der Waals surface area contributed by atoms with Gasteiger partial charge in [0.25, 0.3) is 20.2 Å². The highest BCUT2D eigenvalue weighted by molar-refractivity contribution is 7.99. The van der Waals surface area contributed by atoms with Crippen molar-refractivity contribution in [1.29, 1.82) is 0 Å². The second kappa shape index (κ2) is 25.5. The summed E-state index contributed by atoms with van der Waals surface area (Å²) in [4.78, 5) is 18.1. The van der Waals surface area contributed by atoms with Gasteiger partial charge in [0.15, 0.2) is 11.3 Å². The van der Waals surface area contributed by atoms with Gasteiger partial charge in [0.2, 0.25) is 6.29 Å². The molecule has 0 saturated carbocycles. The predicted octanol–water partition coefficient (Wildman–Crippen LogP) is 9.21. The van der Waals surface area contributed by atoms with Crippen molar-refractivity contribution in [3.63, 3.8) is 0 Å². The standard InChI is InChI=1S/2C21H21FN4O.C2HF3O.C2H6O5S2.C2H6.CH4/c2*22-18-7-8-19-16(10-11-27-19)15(18)6-9-20-23-12-17(14-4-2-1-3-5-14)21-25-24-13-26(20)21;3-2(4,5)1-6;1-8(3,4)7-9(2,5)6;1-2;/h2*4,7-8,12-13H,1-3,5-6,9-11H2;1H;1-2H3;1-2H3;1H4/i;;;;1D;. The Morgan fingerprint density at radius 3 is 1.43 bits per heavy atom. The van der Waals surface area contributed by atoms with E-state index < -0.39 is 32.7 Å². The van der Waals surface area contributed by atoms with Crippen LogP contribution in [0.1, 0.15) is 119 Å². The highest BCUT2D eigenvalue weighted by Gasteiger charge is 2.25. The Kier molecular flexibility index (Phi) is 19.5. The fourth-order valence-electron chi connectivity index (χ4n) is 8.59. The minimum Gasteiger partial charge on any atom is -0.493 e. The van der Waals surface area contributed by atoms with Gasteiger partial charge in [0.1, 0.15) is 47.4 Å². The molecule has 10 rings (SSSR count). The summed E-state index contributed by atoms with van der Waals surface area (Å²) in [6, 6.07) is 6.45. The second-order valence-electron chi connectivity index (χ2n) is 16.5. The number of alkyl halides is 3. The van der Waals surface area contributed by atoms with Crippen LogP contribution in [0.3, 0.4) is 0 Å². The maximum atomic E-state index is 14.4. The summed E-state index contributed by atoms with van der Waals surface area (Å²) in [7, 11) is -7.74. The van der Waals surface area contributed by atoms with Gasteiger partial charge >= 0.3 is 6.18 Å². The summed E-state index contributed by atoms with van der Waals surface area (Å²) in [5.41, 5.74) is 9.92. The molecule has 2 aliphatic heterocycles. The highest BCUT2D eigenvalue weighted by atomic mass is 32.3. The Labute approximate surface area is 417 Å². The first-order valence-corrected chi connectivity index (χ1v) is 26.5. The van der Waals surface area contributed by atoms with Gasteiger partial charge in [-0.15, -0.1) is 24.0 Å². The second-order valence-corrected chi connectivity index (χ2v) is 19.9. The normalized spacial score (nSPS) is 15.1. The predicted molar refractivity (Wildman–Crippen MR) is 261 cm³/mol. The number of carbonyl (C=O) groups excluding carboxylic acids is 1. The third-order valence-electron chi connectivity index (χ3n) is 11.6. The molecule has 4 aliphatic rings. The van der Waals surface area contributed by atoms with E-state index in [0.29, 0.717) is 58.3 Å². The summed E-state index contributed by atoms with van der Waals surface area (Å²) < 4.78 is 125. The Balaban J connectivity index is 0.000000202. The molecule has 0 unspecified atom stereocenters. The zero-order chi connectivity index (χ0) is 52.1. The zero-order valence-electron chi connectivity index (χ0n) is 40.4. The maximum Gasteiger partial charge on any atom is 0.446 e. The van der Waals surface area contributed by atoms with E-state index >= 15 is 0 Å². The van der Waals surface area contributed by atoms with Gasteiger partial charge in [-0.05, 0) is 111 Å². The quantitative estimate of drug-likeness (QED) is 0.0929. The minimum atomic E-state index is -4.64. The molecule has 6 heterocycles. The van der Waals surface area contributed by atoms with Gasteiger partial charge in [-0.25, -0.2) is 18.7 Å². The molecule has 0 radical (unpaired) electrons. The van der Waals surface area contributed by atoms with E-state index in [1.807, 2.05) is 21.2 Å². The first kappa shape index (κ1) is 55.1. The number of halogens is 5. The number of hydrogen-bond donors (Lipinski definition) is 0. The van der Waals surface area contributed by atoms with Gasteiger partial charge in [0.05, 0.1) is 25.7 Å². The summed E-state index contributed by atoms with van der Waals surface area (Å²) >= 11 is 0. The third-order valence-corrected chi connectivity index (χ3v) is 13.5. The number of allylic oxidation sites excluding steroid dienone is 4. The minimum absolute atomic E-state index is 0. The van der Waals surface area contributed by atoms with Gasteiger partial charge in [-0.3, -0.25) is 13.6 Å². The average Bonchev–Trinajstić information content (AvgIpc) is 4.19. The van der Waals surface area contributed by atoms with Gasteiger partial charge in [0, 0.05) is 61.7 Å². The van der Waals surface area contributed by atoms with Crippen LogP contribution < -0.4 is 9.47 Å². The molecule has 0 amide bonds. The van der Waals surface area contributed by atoms with Gasteiger partial charge < -0.3 is 9.47 Å². The molecule has 4 aromatic heterocycles. The van der Waals surface area contributed by atoms with E-state index in [0.717, 1.165) is 106 Å². The number of aryl methyl sites for hydroxylation is 2. The highest BCUT2D eigenvalue weighted by Crippen LogP contribution is 2.34. The van der Waals surface area contributed by atoms with Crippen molar-refractivity contribution in [3.8, 4) is 11.5 Å². The fourth-order valence-corrected chi connectivity index (χ4v) is 10.4. The van der Waals surface area contributed by atoms with Crippen molar-refractivity contribution >= 4 is 49.0 Å². The van der Waals surface area contributed by atoms with E-state index in [1.54, 1.807) is 31.7 Å². The lowest BCUT2D eigenvalue weighted by molar-refractivity contribution is -0.156. The summed E-state index contributed by atoms with van der Waals surface area (Å²) in [5.74, 6) is 3.00. The molecule has 2 aromatic carbocycles. The molecule has 0 fully saturated rings. The van der Waals surface area contributed by atoms with Crippen LogP contribution in [0.5, 0.6) is 11.5 Å².